The monoisotopic (exact) mass is 300 g/mol. The highest BCUT2D eigenvalue weighted by molar-refractivity contribution is 8.01. The summed E-state index contributed by atoms with van der Waals surface area (Å²) in [5.74, 6) is 2.02. The molecule has 1 saturated heterocycles. The lowest BCUT2D eigenvalue weighted by Crippen LogP contribution is -2.30. The van der Waals surface area contributed by atoms with Crippen molar-refractivity contribution < 1.29 is 0 Å². The van der Waals surface area contributed by atoms with E-state index in [9.17, 15) is 0 Å². The Balaban J connectivity index is 0.00000120. The fourth-order valence-corrected chi connectivity index (χ4v) is 4.40. The van der Waals surface area contributed by atoms with Crippen molar-refractivity contribution in [2.24, 2.45) is 5.92 Å². The lowest BCUT2D eigenvalue weighted by atomic mass is 10.0. The van der Waals surface area contributed by atoms with Crippen molar-refractivity contribution in [2.45, 2.75) is 17.2 Å². The van der Waals surface area contributed by atoms with Crippen molar-refractivity contribution in [3.63, 3.8) is 0 Å². The zero-order valence-electron chi connectivity index (χ0n) is 10.1. The summed E-state index contributed by atoms with van der Waals surface area (Å²) in [5, 5.41) is 3.47. The highest BCUT2D eigenvalue weighted by atomic mass is 35.5. The quantitative estimate of drug-likeness (QED) is 0.873. The zero-order valence-corrected chi connectivity index (χ0v) is 12.5. The first-order valence-corrected chi connectivity index (χ1v) is 7.91. The van der Waals surface area contributed by atoms with Gasteiger partial charge in [0.25, 0.3) is 0 Å². The van der Waals surface area contributed by atoms with Crippen LogP contribution in [0, 0.1) is 5.92 Å². The number of hydrogen-bond acceptors (Lipinski definition) is 4. The molecule has 1 unspecified atom stereocenters. The molecule has 1 aromatic carbocycles. The molecule has 0 bridgehead atoms. The first-order valence-electron chi connectivity index (χ1n) is 6.11. The van der Waals surface area contributed by atoms with Gasteiger partial charge in [0, 0.05) is 5.75 Å². The molecule has 0 spiro atoms. The Labute approximate surface area is 122 Å². The van der Waals surface area contributed by atoms with E-state index >= 15 is 0 Å². The van der Waals surface area contributed by atoms with Gasteiger partial charge < -0.3 is 5.32 Å². The number of hydrogen-bond donors (Lipinski definition) is 1. The molecule has 0 radical (unpaired) electrons. The number of para-hydroxylation sites is 1. The minimum atomic E-state index is 0. The van der Waals surface area contributed by atoms with E-state index in [-0.39, 0.29) is 12.4 Å². The Kier molecular flexibility index (Phi) is 5.30. The van der Waals surface area contributed by atoms with Crippen molar-refractivity contribution in [3.05, 3.63) is 24.3 Å². The van der Waals surface area contributed by atoms with Crippen LogP contribution in [0.5, 0.6) is 0 Å². The number of aromatic nitrogens is 1. The van der Waals surface area contributed by atoms with Crippen LogP contribution in [-0.4, -0.2) is 23.8 Å². The van der Waals surface area contributed by atoms with Crippen LogP contribution >= 0.6 is 35.5 Å². The third-order valence-electron chi connectivity index (χ3n) is 3.12. The number of piperidine rings is 1. The van der Waals surface area contributed by atoms with E-state index in [0.717, 1.165) is 11.4 Å². The van der Waals surface area contributed by atoms with Gasteiger partial charge >= 0.3 is 0 Å². The number of halogens is 1. The SMILES string of the molecule is Cl.c1ccc2sc(SCC3CCCNC3)nc2c1. The van der Waals surface area contributed by atoms with Crippen molar-refractivity contribution in [1.82, 2.24) is 10.3 Å². The van der Waals surface area contributed by atoms with E-state index in [1.807, 2.05) is 23.1 Å². The van der Waals surface area contributed by atoms with Crippen molar-refractivity contribution >= 4 is 45.7 Å². The number of rotatable bonds is 3. The second-order valence-corrected chi connectivity index (χ2v) is 6.77. The number of thioether (sulfide) groups is 1. The maximum absolute atomic E-state index is 4.66. The second kappa shape index (κ2) is 6.75. The minimum absolute atomic E-state index is 0. The number of nitrogens with one attached hydrogen (secondary N) is 1. The zero-order chi connectivity index (χ0) is 11.5. The molecular weight excluding hydrogens is 284 g/mol. The largest absolute Gasteiger partial charge is 0.316 e. The van der Waals surface area contributed by atoms with Crippen LogP contribution in [0.15, 0.2) is 28.6 Å². The summed E-state index contributed by atoms with van der Waals surface area (Å²) in [6, 6.07) is 8.39. The van der Waals surface area contributed by atoms with Crippen molar-refractivity contribution in [1.29, 1.82) is 0 Å². The molecule has 0 aliphatic carbocycles. The van der Waals surface area contributed by atoms with Gasteiger partial charge in [-0.25, -0.2) is 4.98 Å². The van der Waals surface area contributed by atoms with Gasteiger partial charge in [-0.1, -0.05) is 23.9 Å². The standard InChI is InChI=1S/C13H16N2S2.ClH/c1-2-6-12-11(5-1)15-13(17-12)16-9-10-4-3-7-14-8-10;/h1-2,5-6,10,14H,3-4,7-9H2;1H. The Morgan fingerprint density at radius 1 is 1.39 bits per heavy atom. The van der Waals surface area contributed by atoms with Gasteiger partial charge in [-0.2, -0.15) is 0 Å². The topological polar surface area (TPSA) is 24.9 Å². The molecule has 2 nitrogen and oxygen atoms in total. The van der Waals surface area contributed by atoms with Gasteiger partial charge in [0.15, 0.2) is 4.34 Å². The molecule has 0 saturated carbocycles. The van der Waals surface area contributed by atoms with E-state index in [1.54, 1.807) is 0 Å². The van der Waals surface area contributed by atoms with E-state index in [1.165, 1.54) is 40.7 Å². The highest BCUT2D eigenvalue weighted by Crippen LogP contribution is 2.31. The van der Waals surface area contributed by atoms with Crippen molar-refractivity contribution in [3.8, 4) is 0 Å². The molecule has 1 aliphatic heterocycles. The Morgan fingerprint density at radius 2 is 2.28 bits per heavy atom. The van der Waals surface area contributed by atoms with Gasteiger partial charge in [-0.15, -0.1) is 23.7 Å². The first kappa shape index (κ1) is 14.1. The van der Waals surface area contributed by atoms with Crippen LogP contribution in [0.1, 0.15) is 12.8 Å². The third kappa shape index (κ3) is 3.38. The lowest BCUT2D eigenvalue weighted by Gasteiger charge is -2.21. The summed E-state index contributed by atoms with van der Waals surface area (Å²) in [4.78, 5) is 4.66. The van der Waals surface area contributed by atoms with Crippen LogP contribution in [-0.2, 0) is 0 Å². The Bertz CT molecular complexity index is 461. The molecule has 1 aromatic heterocycles. The molecule has 5 heteroatoms. The predicted molar refractivity (Wildman–Crippen MR) is 83.2 cm³/mol. The van der Waals surface area contributed by atoms with Gasteiger partial charge in [0.2, 0.25) is 0 Å². The number of fused-ring (bicyclic) bond motifs is 1. The normalized spacial score (nSPS) is 19.7. The van der Waals surface area contributed by atoms with Crippen LogP contribution in [0.3, 0.4) is 0 Å². The Hall–Kier alpha value is -0.290. The third-order valence-corrected chi connectivity index (χ3v) is 5.53. The lowest BCUT2D eigenvalue weighted by molar-refractivity contribution is 0.410. The number of benzene rings is 1. The summed E-state index contributed by atoms with van der Waals surface area (Å²) in [7, 11) is 0. The number of nitrogens with zero attached hydrogens (tertiary/aromatic N) is 1. The molecule has 1 N–H and O–H groups in total. The fraction of sp³-hybridized carbons (Fsp3) is 0.462. The maximum atomic E-state index is 4.66. The average molecular weight is 301 g/mol. The summed E-state index contributed by atoms with van der Waals surface area (Å²) >= 11 is 3.74. The molecule has 2 heterocycles. The molecule has 3 rings (SSSR count). The highest BCUT2D eigenvalue weighted by Gasteiger charge is 2.14. The molecule has 2 aromatic rings. The Morgan fingerprint density at radius 3 is 3.06 bits per heavy atom. The van der Waals surface area contributed by atoms with Crippen LogP contribution in [0.25, 0.3) is 10.2 Å². The average Bonchev–Trinajstić information content (AvgIpc) is 2.80. The second-order valence-electron chi connectivity index (χ2n) is 4.47. The molecule has 1 fully saturated rings. The maximum Gasteiger partial charge on any atom is 0.151 e. The van der Waals surface area contributed by atoms with Gasteiger partial charge in [0.1, 0.15) is 0 Å². The molecule has 0 amide bonds. The van der Waals surface area contributed by atoms with Gasteiger partial charge in [0.05, 0.1) is 10.2 Å². The molecule has 1 atom stereocenters. The van der Waals surface area contributed by atoms with Crippen LogP contribution < -0.4 is 5.32 Å². The van der Waals surface area contributed by atoms with E-state index in [2.05, 4.69) is 34.6 Å². The summed E-state index contributed by atoms with van der Waals surface area (Å²) in [5.41, 5.74) is 1.14. The van der Waals surface area contributed by atoms with E-state index in [4.69, 9.17) is 0 Å². The van der Waals surface area contributed by atoms with E-state index < -0.39 is 0 Å². The summed E-state index contributed by atoms with van der Waals surface area (Å²) in [6.07, 6.45) is 2.69. The number of thiazole rings is 1. The molecule has 18 heavy (non-hydrogen) atoms. The van der Waals surface area contributed by atoms with Crippen LogP contribution in [0.2, 0.25) is 0 Å². The smallest absolute Gasteiger partial charge is 0.151 e. The summed E-state index contributed by atoms with van der Waals surface area (Å²) in [6.45, 7) is 2.38. The van der Waals surface area contributed by atoms with Gasteiger partial charge in [-0.05, 0) is 44.0 Å². The van der Waals surface area contributed by atoms with Crippen LogP contribution in [0.4, 0.5) is 0 Å². The molecule has 98 valence electrons. The van der Waals surface area contributed by atoms with E-state index in [0.29, 0.717) is 0 Å². The van der Waals surface area contributed by atoms with Gasteiger partial charge in [-0.3, -0.25) is 0 Å². The minimum Gasteiger partial charge on any atom is -0.316 e. The fourth-order valence-electron chi connectivity index (χ4n) is 2.17. The predicted octanol–water partition coefficient (Wildman–Crippen LogP) is 3.81. The molecular formula is C13H17ClN2S2. The first-order chi connectivity index (χ1) is 8.42. The summed E-state index contributed by atoms with van der Waals surface area (Å²) < 4.78 is 2.52. The van der Waals surface area contributed by atoms with Crippen molar-refractivity contribution in [2.75, 3.05) is 18.8 Å². The molecule has 1 aliphatic rings.